The molecule has 0 aliphatic heterocycles. The zero-order valence-electron chi connectivity index (χ0n) is 8.12. The number of aryl methyl sites for hydroxylation is 1. The second-order valence-electron chi connectivity index (χ2n) is 3.28. The first kappa shape index (κ1) is 10.1. The van der Waals surface area contributed by atoms with Crippen molar-refractivity contribution in [2.45, 2.75) is 6.92 Å². The molecule has 4 heteroatoms. The Hall–Kier alpha value is -1.42. The molecule has 0 unspecified atom stereocenters. The Morgan fingerprint density at radius 1 is 1.40 bits per heavy atom. The molecular formula is C11H9BrN2O. The summed E-state index contributed by atoms with van der Waals surface area (Å²) in [4.78, 5) is 11.9. The Morgan fingerprint density at radius 3 is 2.80 bits per heavy atom. The molecule has 0 radical (unpaired) electrons. The number of hydrogen-bond acceptors (Lipinski definition) is 2. The Morgan fingerprint density at radius 2 is 2.20 bits per heavy atom. The molecule has 15 heavy (non-hydrogen) atoms. The minimum Gasteiger partial charge on any atom is -0.287 e. The quantitative estimate of drug-likeness (QED) is 0.848. The first-order valence-corrected chi connectivity index (χ1v) is 5.28. The highest BCUT2D eigenvalue weighted by Crippen LogP contribution is 2.14. The molecule has 0 atom stereocenters. The summed E-state index contributed by atoms with van der Waals surface area (Å²) in [7, 11) is 0. The lowest BCUT2D eigenvalue weighted by Gasteiger charge is -1.97. The van der Waals surface area contributed by atoms with E-state index in [4.69, 9.17) is 0 Å². The summed E-state index contributed by atoms with van der Waals surface area (Å²) in [5.41, 5.74) is 1.97. The third-order valence-electron chi connectivity index (χ3n) is 2.03. The topological polar surface area (TPSA) is 45.8 Å². The summed E-state index contributed by atoms with van der Waals surface area (Å²) in [5.74, 6) is -0.0688. The zero-order chi connectivity index (χ0) is 10.8. The van der Waals surface area contributed by atoms with Gasteiger partial charge in [0.1, 0.15) is 5.69 Å². The highest BCUT2D eigenvalue weighted by molar-refractivity contribution is 9.10. The molecule has 3 nitrogen and oxygen atoms in total. The molecule has 0 amide bonds. The van der Waals surface area contributed by atoms with Crippen molar-refractivity contribution < 1.29 is 4.79 Å². The number of nitrogens with zero attached hydrogens (tertiary/aromatic N) is 1. The number of carbonyl (C=O) groups excluding carboxylic acids is 1. The van der Waals surface area contributed by atoms with Gasteiger partial charge in [-0.2, -0.15) is 5.10 Å². The van der Waals surface area contributed by atoms with E-state index in [0.29, 0.717) is 11.3 Å². The average molecular weight is 265 g/mol. The number of benzene rings is 1. The van der Waals surface area contributed by atoms with E-state index < -0.39 is 0 Å². The maximum atomic E-state index is 11.9. The lowest BCUT2D eigenvalue weighted by Crippen LogP contribution is -2.01. The number of aromatic amines is 1. The van der Waals surface area contributed by atoms with Crippen LogP contribution in [0.1, 0.15) is 21.7 Å². The number of ketones is 1. The van der Waals surface area contributed by atoms with Crippen molar-refractivity contribution in [3.8, 4) is 0 Å². The molecular weight excluding hydrogens is 256 g/mol. The predicted octanol–water partition coefficient (Wildman–Crippen LogP) is 2.71. The van der Waals surface area contributed by atoms with Crippen LogP contribution in [-0.2, 0) is 0 Å². The van der Waals surface area contributed by atoms with Gasteiger partial charge in [0.05, 0.1) is 0 Å². The monoisotopic (exact) mass is 264 g/mol. The summed E-state index contributed by atoms with van der Waals surface area (Å²) in [6.07, 6.45) is 0. The van der Waals surface area contributed by atoms with Crippen molar-refractivity contribution in [1.29, 1.82) is 0 Å². The molecule has 0 saturated carbocycles. The summed E-state index contributed by atoms with van der Waals surface area (Å²) in [5, 5.41) is 6.68. The van der Waals surface area contributed by atoms with Gasteiger partial charge >= 0.3 is 0 Å². The molecule has 0 spiro atoms. The fraction of sp³-hybridized carbons (Fsp3) is 0.0909. The van der Waals surface area contributed by atoms with Crippen LogP contribution in [0.15, 0.2) is 34.8 Å². The summed E-state index contributed by atoms with van der Waals surface area (Å²) >= 11 is 3.33. The van der Waals surface area contributed by atoms with Crippen molar-refractivity contribution >= 4 is 21.7 Å². The SMILES string of the molecule is Cc1cc(C(=O)c2cccc(Br)c2)n[nH]1. The predicted molar refractivity (Wildman–Crippen MR) is 60.9 cm³/mol. The molecule has 0 saturated heterocycles. The van der Waals surface area contributed by atoms with Crippen LogP contribution in [0.3, 0.4) is 0 Å². The number of nitrogens with one attached hydrogen (secondary N) is 1. The number of aromatic nitrogens is 2. The van der Waals surface area contributed by atoms with Gasteiger partial charge in [-0.05, 0) is 25.1 Å². The van der Waals surface area contributed by atoms with E-state index >= 15 is 0 Å². The summed E-state index contributed by atoms with van der Waals surface area (Å²) < 4.78 is 0.889. The molecule has 0 aliphatic rings. The molecule has 1 heterocycles. The Bertz CT molecular complexity index is 505. The third kappa shape index (κ3) is 2.15. The number of carbonyl (C=O) groups is 1. The molecule has 0 bridgehead atoms. The van der Waals surface area contributed by atoms with Crippen molar-refractivity contribution in [3.63, 3.8) is 0 Å². The van der Waals surface area contributed by atoms with Crippen LogP contribution in [0.25, 0.3) is 0 Å². The van der Waals surface area contributed by atoms with Crippen molar-refractivity contribution in [2.75, 3.05) is 0 Å². The largest absolute Gasteiger partial charge is 0.287 e. The van der Waals surface area contributed by atoms with Gasteiger partial charge in [0.25, 0.3) is 0 Å². The van der Waals surface area contributed by atoms with E-state index in [9.17, 15) is 4.79 Å². The van der Waals surface area contributed by atoms with E-state index in [1.54, 1.807) is 18.2 Å². The van der Waals surface area contributed by atoms with Crippen LogP contribution in [-0.4, -0.2) is 16.0 Å². The van der Waals surface area contributed by atoms with E-state index in [1.807, 2.05) is 19.1 Å². The third-order valence-corrected chi connectivity index (χ3v) is 2.52. The lowest BCUT2D eigenvalue weighted by atomic mass is 10.1. The van der Waals surface area contributed by atoms with Gasteiger partial charge in [0.15, 0.2) is 0 Å². The minimum absolute atomic E-state index is 0.0688. The number of halogens is 1. The maximum Gasteiger partial charge on any atom is 0.213 e. The van der Waals surface area contributed by atoms with Gasteiger partial charge < -0.3 is 0 Å². The first-order valence-electron chi connectivity index (χ1n) is 4.49. The molecule has 0 fully saturated rings. The molecule has 0 aliphatic carbocycles. The second kappa shape index (κ2) is 3.98. The van der Waals surface area contributed by atoms with Crippen molar-refractivity contribution in [3.05, 3.63) is 51.8 Å². The van der Waals surface area contributed by atoms with Gasteiger partial charge in [-0.1, -0.05) is 28.1 Å². The highest BCUT2D eigenvalue weighted by Gasteiger charge is 2.11. The van der Waals surface area contributed by atoms with Crippen molar-refractivity contribution in [1.82, 2.24) is 10.2 Å². The number of rotatable bonds is 2. The smallest absolute Gasteiger partial charge is 0.213 e. The van der Waals surface area contributed by atoms with Crippen molar-refractivity contribution in [2.24, 2.45) is 0 Å². The van der Waals surface area contributed by atoms with Gasteiger partial charge in [-0.3, -0.25) is 9.89 Å². The van der Waals surface area contributed by atoms with E-state index in [2.05, 4.69) is 26.1 Å². The number of hydrogen-bond donors (Lipinski definition) is 1. The van der Waals surface area contributed by atoms with Crippen LogP contribution in [0.2, 0.25) is 0 Å². The van der Waals surface area contributed by atoms with Crippen LogP contribution in [0.5, 0.6) is 0 Å². The lowest BCUT2D eigenvalue weighted by molar-refractivity contribution is 0.103. The first-order chi connectivity index (χ1) is 7.16. The molecule has 2 rings (SSSR count). The maximum absolute atomic E-state index is 11.9. The minimum atomic E-state index is -0.0688. The molecule has 76 valence electrons. The second-order valence-corrected chi connectivity index (χ2v) is 4.19. The molecule has 1 N–H and O–H groups in total. The van der Waals surface area contributed by atoms with Gasteiger partial charge in [-0.15, -0.1) is 0 Å². The average Bonchev–Trinajstić information content (AvgIpc) is 2.64. The van der Waals surface area contributed by atoms with Crippen LogP contribution >= 0.6 is 15.9 Å². The fourth-order valence-electron chi connectivity index (χ4n) is 1.31. The zero-order valence-corrected chi connectivity index (χ0v) is 9.71. The Labute approximate surface area is 95.6 Å². The number of H-pyrrole nitrogens is 1. The summed E-state index contributed by atoms with van der Waals surface area (Å²) in [6.45, 7) is 1.87. The van der Waals surface area contributed by atoms with Crippen LogP contribution < -0.4 is 0 Å². The van der Waals surface area contributed by atoms with Gasteiger partial charge in [0, 0.05) is 15.7 Å². The van der Waals surface area contributed by atoms with E-state index in [0.717, 1.165) is 10.2 Å². The fourth-order valence-corrected chi connectivity index (χ4v) is 1.71. The van der Waals surface area contributed by atoms with Gasteiger partial charge in [0.2, 0.25) is 5.78 Å². The standard InChI is InChI=1S/C11H9BrN2O/c1-7-5-10(14-13-7)11(15)8-3-2-4-9(12)6-8/h2-6H,1H3,(H,13,14). The summed E-state index contributed by atoms with van der Waals surface area (Å²) in [6, 6.07) is 9.01. The molecule has 1 aromatic heterocycles. The van der Waals surface area contributed by atoms with E-state index in [-0.39, 0.29) is 5.78 Å². The van der Waals surface area contributed by atoms with Crippen LogP contribution in [0.4, 0.5) is 0 Å². The molecule has 1 aromatic carbocycles. The normalized spacial score (nSPS) is 10.3. The van der Waals surface area contributed by atoms with Gasteiger partial charge in [-0.25, -0.2) is 0 Å². The molecule has 2 aromatic rings. The Kier molecular flexibility index (Phi) is 2.68. The van der Waals surface area contributed by atoms with E-state index in [1.165, 1.54) is 0 Å². The highest BCUT2D eigenvalue weighted by atomic mass is 79.9. The van der Waals surface area contributed by atoms with Crippen LogP contribution in [0, 0.1) is 6.92 Å². The Balaban J connectivity index is 2.36.